The van der Waals surface area contributed by atoms with Crippen LogP contribution < -0.4 is 10.2 Å². The van der Waals surface area contributed by atoms with Crippen molar-refractivity contribution in [2.45, 2.75) is 45.7 Å². The first kappa shape index (κ1) is 27.1. The average Bonchev–Trinajstić information content (AvgIpc) is 2.82. The van der Waals surface area contributed by atoms with E-state index in [0.717, 1.165) is 18.2 Å². The summed E-state index contributed by atoms with van der Waals surface area (Å²) in [5.41, 5.74) is 0.367. The highest BCUT2D eigenvalue weighted by Gasteiger charge is 2.24. The van der Waals surface area contributed by atoms with Crippen LogP contribution in [0.15, 0.2) is 36.5 Å². The summed E-state index contributed by atoms with van der Waals surface area (Å²) in [5.74, 6) is -1.85. The Hall–Kier alpha value is -3.19. The van der Waals surface area contributed by atoms with Gasteiger partial charge in [0.1, 0.15) is 11.9 Å². The quantitative estimate of drug-likeness (QED) is 0.460. The fourth-order valence-electron chi connectivity index (χ4n) is 3.70. The van der Waals surface area contributed by atoms with Crippen molar-refractivity contribution in [1.29, 1.82) is 5.26 Å². The second-order valence-corrected chi connectivity index (χ2v) is 7.77. The van der Waals surface area contributed by atoms with E-state index in [2.05, 4.69) is 10.3 Å². The maximum atomic E-state index is 13.5. The Morgan fingerprint density at radius 2 is 1.88 bits per heavy atom. The van der Waals surface area contributed by atoms with Crippen molar-refractivity contribution in [3.8, 4) is 6.07 Å². The summed E-state index contributed by atoms with van der Waals surface area (Å²) < 4.78 is 53.5. The third kappa shape index (κ3) is 7.15. The van der Waals surface area contributed by atoms with Crippen LogP contribution >= 0.6 is 0 Å². The summed E-state index contributed by atoms with van der Waals surface area (Å²) in [6.45, 7) is 7.16. The molecule has 1 aromatic heterocycles. The Labute approximate surface area is 197 Å². The molecule has 2 unspecified atom stereocenters. The van der Waals surface area contributed by atoms with Gasteiger partial charge in [0.25, 0.3) is 6.43 Å². The zero-order chi connectivity index (χ0) is 25.3. The summed E-state index contributed by atoms with van der Waals surface area (Å²) >= 11 is 0. The molecule has 2 aromatic rings. The number of carbonyl (C=O) groups excluding carboxylic acids is 1. The molecule has 0 saturated heterocycles. The number of nitrogens with zero attached hydrogens (tertiary/aromatic N) is 4. The molecule has 1 aromatic carbocycles. The zero-order valence-corrected chi connectivity index (χ0v) is 19.4. The van der Waals surface area contributed by atoms with Gasteiger partial charge in [-0.25, -0.2) is 22.5 Å². The molecule has 0 saturated carbocycles. The van der Waals surface area contributed by atoms with Crippen molar-refractivity contribution >= 4 is 11.7 Å². The van der Waals surface area contributed by atoms with Crippen LogP contribution in [0.3, 0.4) is 0 Å². The molecule has 0 aliphatic rings. The highest BCUT2D eigenvalue weighted by molar-refractivity contribution is 5.76. The SMILES string of the molecule is CCN(CC(C)N(CC)c1ccc(C#N)cn1)C(=O)CCNC(c1ccc(F)c(F)c1)C(F)F. The number of alkyl halides is 2. The summed E-state index contributed by atoms with van der Waals surface area (Å²) in [5, 5.41) is 11.5. The van der Waals surface area contributed by atoms with Crippen LogP contribution in [0.4, 0.5) is 23.4 Å². The van der Waals surface area contributed by atoms with Crippen LogP contribution in [-0.4, -0.2) is 54.4 Å². The van der Waals surface area contributed by atoms with E-state index in [-0.39, 0.29) is 30.5 Å². The van der Waals surface area contributed by atoms with Gasteiger partial charge in [-0.05, 0) is 50.6 Å². The minimum Gasteiger partial charge on any atom is -0.352 e. The van der Waals surface area contributed by atoms with Crippen molar-refractivity contribution in [2.24, 2.45) is 0 Å². The molecule has 6 nitrogen and oxygen atoms in total. The molecule has 0 fully saturated rings. The monoisotopic (exact) mass is 479 g/mol. The van der Waals surface area contributed by atoms with Crippen LogP contribution in [0.5, 0.6) is 0 Å². The van der Waals surface area contributed by atoms with Gasteiger partial charge >= 0.3 is 0 Å². The molecule has 34 heavy (non-hydrogen) atoms. The van der Waals surface area contributed by atoms with Gasteiger partial charge in [-0.1, -0.05) is 6.07 Å². The van der Waals surface area contributed by atoms with Gasteiger partial charge in [0.05, 0.1) is 11.6 Å². The first-order valence-corrected chi connectivity index (χ1v) is 11.1. The number of amides is 1. The molecule has 2 rings (SSSR count). The third-order valence-corrected chi connectivity index (χ3v) is 5.52. The molecule has 1 amide bonds. The molecule has 1 heterocycles. The first-order chi connectivity index (χ1) is 16.2. The number of likely N-dealkylation sites (N-methyl/N-ethyl adjacent to an activating group) is 2. The van der Waals surface area contributed by atoms with Gasteiger partial charge in [0.2, 0.25) is 5.91 Å². The van der Waals surface area contributed by atoms with E-state index in [0.29, 0.717) is 31.0 Å². The summed E-state index contributed by atoms with van der Waals surface area (Å²) in [4.78, 5) is 20.7. The average molecular weight is 480 g/mol. The predicted molar refractivity (Wildman–Crippen MR) is 121 cm³/mol. The first-order valence-electron chi connectivity index (χ1n) is 11.1. The highest BCUT2D eigenvalue weighted by Crippen LogP contribution is 2.22. The van der Waals surface area contributed by atoms with Gasteiger partial charge in [0, 0.05) is 44.8 Å². The highest BCUT2D eigenvalue weighted by atomic mass is 19.3. The maximum absolute atomic E-state index is 13.5. The number of hydrogen-bond donors (Lipinski definition) is 1. The molecular weight excluding hydrogens is 450 g/mol. The Morgan fingerprint density at radius 1 is 1.15 bits per heavy atom. The number of anilines is 1. The number of nitrogens with one attached hydrogen (secondary N) is 1. The number of rotatable bonds is 12. The number of halogens is 4. The summed E-state index contributed by atoms with van der Waals surface area (Å²) in [7, 11) is 0. The fraction of sp³-hybridized carbons (Fsp3) is 0.458. The largest absolute Gasteiger partial charge is 0.352 e. The molecular formula is C24H29F4N5O. The van der Waals surface area contributed by atoms with Gasteiger partial charge in [-0.2, -0.15) is 5.26 Å². The predicted octanol–water partition coefficient (Wildman–Crippen LogP) is 4.28. The van der Waals surface area contributed by atoms with Gasteiger partial charge in [0.15, 0.2) is 11.6 Å². The van der Waals surface area contributed by atoms with Crippen molar-refractivity contribution in [3.63, 3.8) is 0 Å². The number of pyridine rings is 1. The Bertz CT molecular complexity index is 980. The second-order valence-electron chi connectivity index (χ2n) is 7.77. The topological polar surface area (TPSA) is 72.3 Å². The Kier molecular flexibility index (Phi) is 10.3. The standard InChI is InChI=1S/C24H29F4N5O/c1-4-32(15-16(3)33(5-2)21-9-6-17(13-29)14-31-21)22(34)10-11-30-23(24(27)28)18-7-8-19(25)20(26)12-18/h6-9,12,14,16,23-24,30H,4-5,10-11,15H2,1-3H3. The number of hydrogen-bond acceptors (Lipinski definition) is 5. The number of aromatic nitrogens is 1. The lowest BCUT2D eigenvalue weighted by molar-refractivity contribution is -0.131. The van der Waals surface area contributed by atoms with Crippen LogP contribution in [0.2, 0.25) is 0 Å². The molecule has 0 radical (unpaired) electrons. The smallest absolute Gasteiger partial charge is 0.257 e. The minimum absolute atomic E-state index is 0.0330. The van der Waals surface area contributed by atoms with E-state index < -0.39 is 24.1 Å². The van der Waals surface area contributed by atoms with E-state index in [1.807, 2.05) is 31.7 Å². The molecule has 0 spiro atoms. The molecule has 1 N–H and O–H groups in total. The molecule has 0 bridgehead atoms. The third-order valence-electron chi connectivity index (χ3n) is 5.52. The summed E-state index contributed by atoms with van der Waals surface area (Å²) in [6, 6.07) is 6.49. The van der Waals surface area contributed by atoms with Crippen LogP contribution in [0, 0.1) is 23.0 Å². The van der Waals surface area contributed by atoms with E-state index in [1.165, 1.54) is 6.20 Å². The lowest BCUT2D eigenvalue weighted by Gasteiger charge is -2.33. The fourth-order valence-corrected chi connectivity index (χ4v) is 3.70. The molecule has 10 heteroatoms. The van der Waals surface area contributed by atoms with Crippen molar-refractivity contribution in [3.05, 3.63) is 59.3 Å². The van der Waals surface area contributed by atoms with E-state index in [4.69, 9.17) is 5.26 Å². The molecule has 0 aliphatic heterocycles. The second kappa shape index (κ2) is 12.9. The Balaban J connectivity index is 1.97. The minimum atomic E-state index is -2.86. The molecule has 184 valence electrons. The van der Waals surface area contributed by atoms with Crippen LogP contribution in [0.25, 0.3) is 0 Å². The normalized spacial score (nSPS) is 12.8. The van der Waals surface area contributed by atoms with Gasteiger partial charge in [-0.15, -0.1) is 0 Å². The van der Waals surface area contributed by atoms with Gasteiger partial charge in [-0.3, -0.25) is 4.79 Å². The summed E-state index contributed by atoms with van der Waals surface area (Å²) in [6.07, 6.45) is -1.40. The maximum Gasteiger partial charge on any atom is 0.257 e. The lowest BCUT2D eigenvalue weighted by Crippen LogP contribution is -2.45. The van der Waals surface area contributed by atoms with Crippen LogP contribution in [-0.2, 0) is 4.79 Å². The number of nitriles is 1. The van der Waals surface area contributed by atoms with Crippen molar-refractivity contribution < 1.29 is 22.4 Å². The van der Waals surface area contributed by atoms with Gasteiger partial charge < -0.3 is 15.1 Å². The molecule has 2 atom stereocenters. The number of benzene rings is 1. The van der Waals surface area contributed by atoms with E-state index >= 15 is 0 Å². The number of carbonyl (C=O) groups is 1. The van der Waals surface area contributed by atoms with Crippen molar-refractivity contribution in [1.82, 2.24) is 15.2 Å². The van der Waals surface area contributed by atoms with Crippen molar-refractivity contribution in [2.75, 3.05) is 31.1 Å². The Morgan fingerprint density at radius 3 is 2.41 bits per heavy atom. The van der Waals surface area contributed by atoms with Crippen LogP contribution in [0.1, 0.15) is 44.4 Å². The van der Waals surface area contributed by atoms with E-state index in [1.54, 1.807) is 17.0 Å². The zero-order valence-electron chi connectivity index (χ0n) is 19.4. The molecule has 0 aliphatic carbocycles. The van der Waals surface area contributed by atoms with E-state index in [9.17, 15) is 22.4 Å². The lowest BCUT2D eigenvalue weighted by atomic mass is 10.1.